The molecule has 0 atom stereocenters. The fourth-order valence-electron chi connectivity index (χ4n) is 1.96. The van der Waals surface area contributed by atoms with Crippen LogP contribution in [-0.2, 0) is 19.1 Å². The van der Waals surface area contributed by atoms with E-state index < -0.39 is 11.8 Å². The molecule has 1 aromatic rings. The van der Waals surface area contributed by atoms with Crippen LogP contribution in [0.5, 0.6) is 11.5 Å². The number of nitrogens with zero attached hydrogens (tertiary/aromatic N) is 1. The van der Waals surface area contributed by atoms with Crippen LogP contribution in [0.4, 0.5) is 5.69 Å². The number of hydrogen-bond acceptors (Lipinski definition) is 6. The Hall–Kier alpha value is -2.32. The summed E-state index contributed by atoms with van der Waals surface area (Å²) in [7, 11) is 6.07. The molecule has 2 amide bonds. The van der Waals surface area contributed by atoms with Crippen LogP contribution in [0.3, 0.4) is 0 Å². The summed E-state index contributed by atoms with van der Waals surface area (Å²) in [6.07, 6.45) is 0. The van der Waals surface area contributed by atoms with Gasteiger partial charge in [0, 0.05) is 39.1 Å². The van der Waals surface area contributed by atoms with Crippen molar-refractivity contribution in [3.05, 3.63) is 18.2 Å². The van der Waals surface area contributed by atoms with Gasteiger partial charge < -0.3 is 29.2 Å². The zero-order valence-electron chi connectivity index (χ0n) is 14.5. The van der Waals surface area contributed by atoms with E-state index in [1.807, 2.05) is 0 Å². The van der Waals surface area contributed by atoms with Crippen molar-refractivity contribution in [1.82, 2.24) is 4.90 Å². The lowest BCUT2D eigenvalue weighted by molar-refractivity contribution is -0.144. The van der Waals surface area contributed by atoms with Crippen LogP contribution in [-0.4, -0.2) is 71.5 Å². The van der Waals surface area contributed by atoms with E-state index in [1.165, 1.54) is 33.3 Å². The van der Waals surface area contributed by atoms with E-state index in [9.17, 15) is 9.59 Å². The number of amides is 2. The summed E-state index contributed by atoms with van der Waals surface area (Å²) >= 11 is 0. The van der Waals surface area contributed by atoms with Crippen LogP contribution in [0.1, 0.15) is 0 Å². The Morgan fingerprint density at radius 3 is 2.04 bits per heavy atom. The largest absolute Gasteiger partial charge is 0.493 e. The van der Waals surface area contributed by atoms with Gasteiger partial charge in [-0.05, 0) is 12.1 Å². The number of hydrogen-bond donors (Lipinski definition) is 1. The molecule has 0 aliphatic carbocycles. The fraction of sp³-hybridized carbons (Fsp3) is 0.500. The molecular formula is C16H24N2O6. The van der Waals surface area contributed by atoms with Crippen molar-refractivity contribution in [2.24, 2.45) is 0 Å². The first-order chi connectivity index (χ1) is 11.6. The predicted octanol–water partition coefficient (Wildman–Crippen LogP) is 0.764. The van der Waals surface area contributed by atoms with Crippen molar-refractivity contribution in [2.45, 2.75) is 0 Å². The molecule has 0 fully saturated rings. The third-order valence-electron chi connectivity index (χ3n) is 3.25. The van der Waals surface area contributed by atoms with Gasteiger partial charge in [-0.15, -0.1) is 0 Å². The molecule has 0 spiro atoms. The van der Waals surface area contributed by atoms with E-state index in [-0.39, 0.29) is 0 Å². The van der Waals surface area contributed by atoms with Crippen LogP contribution in [0, 0.1) is 0 Å². The summed E-state index contributed by atoms with van der Waals surface area (Å²) in [5.74, 6) is -0.407. The maximum Gasteiger partial charge on any atom is 0.313 e. The van der Waals surface area contributed by atoms with Gasteiger partial charge in [-0.1, -0.05) is 0 Å². The highest BCUT2D eigenvalue weighted by Crippen LogP contribution is 2.29. The minimum Gasteiger partial charge on any atom is -0.493 e. The van der Waals surface area contributed by atoms with E-state index in [4.69, 9.17) is 18.9 Å². The summed E-state index contributed by atoms with van der Waals surface area (Å²) in [5, 5.41) is 2.55. The molecular weight excluding hydrogens is 316 g/mol. The lowest BCUT2D eigenvalue weighted by atomic mass is 10.2. The molecule has 0 saturated carbocycles. The first-order valence-electron chi connectivity index (χ1n) is 7.37. The van der Waals surface area contributed by atoms with Gasteiger partial charge in [0.15, 0.2) is 11.5 Å². The molecule has 1 N–H and O–H groups in total. The molecule has 0 aliphatic rings. The summed E-state index contributed by atoms with van der Waals surface area (Å²) in [6.45, 7) is 1.27. The Morgan fingerprint density at radius 2 is 1.54 bits per heavy atom. The third kappa shape index (κ3) is 5.71. The molecule has 0 saturated heterocycles. The zero-order valence-corrected chi connectivity index (χ0v) is 14.5. The number of anilines is 1. The van der Waals surface area contributed by atoms with Crippen molar-refractivity contribution in [2.75, 3.05) is 60.1 Å². The molecule has 0 heterocycles. The minimum absolute atomic E-state index is 0.304. The molecule has 1 aromatic carbocycles. The first kappa shape index (κ1) is 19.7. The number of rotatable bonds is 9. The van der Waals surface area contributed by atoms with Crippen LogP contribution in [0.2, 0.25) is 0 Å². The standard InChI is InChI=1S/C16H24N2O6/c1-21-9-7-18(8-10-22-2)16(20)15(19)17-12-5-6-13(23-3)14(11-12)24-4/h5-6,11H,7-10H2,1-4H3,(H,17,19). The summed E-state index contributed by atoms with van der Waals surface area (Å²) < 4.78 is 20.2. The normalized spacial score (nSPS) is 10.2. The second-order valence-corrected chi connectivity index (χ2v) is 4.80. The second kappa shape index (κ2) is 10.5. The summed E-state index contributed by atoms with van der Waals surface area (Å²) in [4.78, 5) is 25.8. The Kier molecular flexibility index (Phi) is 8.59. The highest BCUT2D eigenvalue weighted by Gasteiger charge is 2.22. The average molecular weight is 340 g/mol. The van der Waals surface area contributed by atoms with E-state index >= 15 is 0 Å². The van der Waals surface area contributed by atoms with Crippen molar-refractivity contribution in [3.8, 4) is 11.5 Å². The predicted molar refractivity (Wildman–Crippen MR) is 88.5 cm³/mol. The Morgan fingerprint density at radius 1 is 0.958 bits per heavy atom. The number of nitrogens with one attached hydrogen (secondary N) is 1. The Bertz CT molecular complexity index is 541. The van der Waals surface area contributed by atoms with Crippen molar-refractivity contribution in [3.63, 3.8) is 0 Å². The van der Waals surface area contributed by atoms with E-state index in [1.54, 1.807) is 18.2 Å². The Labute approximate surface area is 141 Å². The maximum atomic E-state index is 12.3. The van der Waals surface area contributed by atoms with Crippen molar-refractivity contribution in [1.29, 1.82) is 0 Å². The topological polar surface area (TPSA) is 86.3 Å². The number of benzene rings is 1. The van der Waals surface area contributed by atoms with Gasteiger partial charge in [0.25, 0.3) is 0 Å². The molecule has 0 bridgehead atoms. The van der Waals surface area contributed by atoms with Gasteiger partial charge in [0.05, 0.1) is 27.4 Å². The van der Waals surface area contributed by atoms with E-state index in [0.29, 0.717) is 43.5 Å². The van der Waals surface area contributed by atoms with Gasteiger partial charge in [-0.3, -0.25) is 9.59 Å². The summed E-state index contributed by atoms with van der Waals surface area (Å²) in [5.41, 5.74) is 0.435. The zero-order chi connectivity index (χ0) is 17.9. The molecule has 134 valence electrons. The third-order valence-corrected chi connectivity index (χ3v) is 3.25. The first-order valence-corrected chi connectivity index (χ1v) is 7.37. The number of carbonyl (C=O) groups excluding carboxylic acids is 2. The molecule has 0 aliphatic heterocycles. The van der Waals surface area contributed by atoms with Gasteiger partial charge in [0.2, 0.25) is 0 Å². The molecule has 0 unspecified atom stereocenters. The van der Waals surface area contributed by atoms with Gasteiger partial charge in [-0.2, -0.15) is 0 Å². The molecule has 24 heavy (non-hydrogen) atoms. The lowest BCUT2D eigenvalue weighted by Gasteiger charge is -2.21. The molecule has 8 nitrogen and oxygen atoms in total. The van der Waals surface area contributed by atoms with E-state index in [0.717, 1.165) is 0 Å². The monoisotopic (exact) mass is 340 g/mol. The lowest BCUT2D eigenvalue weighted by Crippen LogP contribution is -2.43. The number of ether oxygens (including phenoxy) is 4. The van der Waals surface area contributed by atoms with Crippen molar-refractivity contribution >= 4 is 17.5 Å². The average Bonchev–Trinajstić information content (AvgIpc) is 2.61. The highest BCUT2D eigenvalue weighted by molar-refractivity contribution is 6.39. The van der Waals surface area contributed by atoms with Crippen LogP contribution < -0.4 is 14.8 Å². The van der Waals surface area contributed by atoms with Crippen LogP contribution in [0.15, 0.2) is 18.2 Å². The van der Waals surface area contributed by atoms with Crippen LogP contribution >= 0.6 is 0 Å². The molecule has 8 heteroatoms. The van der Waals surface area contributed by atoms with Gasteiger partial charge >= 0.3 is 11.8 Å². The van der Waals surface area contributed by atoms with E-state index in [2.05, 4.69) is 5.32 Å². The van der Waals surface area contributed by atoms with Gasteiger partial charge in [0.1, 0.15) is 0 Å². The SMILES string of the molecule is COCCN(CCOC)C(=O)C(=O)Nc1ccc(OC)c(OC)c1. The molecule has 0 radical (unpaired) electrons. The minimum atomic E-state index is -0.741. The molecule has 1 rings (SSSR count). The van der Waals surface area contributed by atoms with Crippen molar-refractivity contribution < 1.29 is 28.5 Å². The number of carbonyl (C=O) groups is 2. The molecule has 0 aromatic heterocycles. The highest BCUT2D eigenvalue weighted by atomic mass is 16.5. The number of methoxy groups -OCH3 is 4. The fourth-order valence-corrected chi connectivity index (χ4v) is 1.96. The second-order valence-electron chi connectivity index (χ2n) is 4.80. The summed E-state index contributed by atoms with van der Waals surface area (Å²) in [6, 6.07) is 4.85. The Balaban J connectivity index is 2.78. The van der Waals surface area contributed by atoms with Gasteiger partial charge in [-0.25, -0.2) is 0 Å². The van der Waals surface area contributed by atoms with Crippen LogP contribution in [0.25, 0.3) is 0 Å². The maximum absolute atomic E-state index is 12.3. The smallest absolute Gasteiger partial charge is 0.313 e. The quantitative estimate of drug-likeness (QED) is 0.668.